The lowest BCUT2D eigenvalue weighted by molar-refractivity contribution is -0.103. The van der Waals surface area contributed by atoms with Gasteiger partial charge in [0.1, 0.15) is 11.1 Å². The third-order valence-corrected chi connectivity index (χ3v) is 2.06. The molecule has 1 heterocycles. The van der Waals surface area contributed by atoms with Crippen LogP contribution in [-0.4, -0.2) is 16.4 Å². The number of aryl methyl sites for hydroxylation is 1. The molecule has 0 saturated heterocycles. The third-order valence-electron chi connectivity index (χ3n) is 2.06. The van der Waals surface area contributed by atoms with Crippen molar-refractivity contribution in [2.45, 2.75) is 6.92 Å². The summed E-state index contributed by atoms with van der Waals surface area (Å²) in [5.74, 6) is 0.133. The quantitative estimate of drug-likeness (QED) is 0.462. The first kappa shape index (κ1) is 9.45. The standard InChI is InChI=1S/C11H9NO3/c1-7-2-3-10-9(4-7)12-11(15-10)8(5-13)6-14/h2-6,13H,1H3/b8-5+. The van der Waals surface area contributed by atoms with Gasteiger partial charge in [-0.05, 0) is 24.6 Å². The van der Waals surface area contributed by atoms with Crippen molar-refractivity contribution >= 4 is 23.0 Å². The van der Waals surface area contributed by atoms with Crippen molar-refractivity contribution in [1.82, 2.24) is 4.98 Å². The summed E-state index contributed by atoms with van der Waals surface area (Å²) < 4.78 is 5.30. The Labute approximate surface area is 85.9 Å². The van der Waals surface area contributed by atoms with Crippen molar-refractivity contribution in [1.29, 1.82) is 0 Å². The van der Waals surface area contributed by atoms with Crippen molar-refractivity contribution in [3.63, 3.8) is 0 Å². The molecule has 0 atom stereocenters. The molecule has 0 bridgehead atoms. The Morgan fingerprint density at radius 1 is 1.53 bits per heavy atom. The fraction of sp³-hybridized carbons (Fsp3) is 0.0909. The van der Waals surface area contributed by atoms with Gasteiger partial charge in [0.2, 0.25) is 5.89 Å². The number of aromatic nitrogens is 1. The molecule has 0 aliphatic heterocycles. The second kappa shape index (κ2) is 3.57. The van der Waals surface area contributed by atoms with Gasteiger partial charge in [-0.2, -0.15) is 0 Å². The number of fused-ring (bicyclic) bond motifs is 1. The number of aliphatic hydroxyl groups is 1. The highest BCUT2D eigenvalue weighted by atomic mass is 16.3. The number of benzene rings is 1. The molecule has 2 aromatic rings. The average Bonchev–Trinajstić information content (AvgIpc) is 2.62. The zero-order valence-electron chi connectivity index (χ0n) is 8.10. The smallest absolute Gasteiger partial charge is 0.233 e. The zero-order valence-corrected chi connectivity index (χ0v) is 8.10. The molecule has 0 fully saturated rings. The Morgan fingerprint density at radius 2 is 2.33 bits per heavy atom. The van der Waals surface area contributed by atoms with Gasteiger partial charge in [0, 0.05) is 0 Å². The predicted octanol–water partition coefficient (Wildman–Crippen LogP) is 2.23. The number of aliphatic hydroxyl groups excluding tert-OH is 1. The van der Waals surface area contributed by atoms with Gasteiger partial charge in [-0.3, -0.25) is 4.79 Å². The predicted molar refractivity (Wildman–Crippen MR) is 55.4 cm³/mol. The molecule has 1 aromatic heterocycles. The van der Waals surface area contributed by atoms with E-state index in [1.165, 1.54) is 0 Å². The van der Waals surface area contributed by atoms with Crippen molar-refractivity contribution in [2.24, 2.45) is 0 Å². The maximum Gasteiger partial charge on any atom is 0.233 e. The molecule has 76 valence electrons. The molecule has 2 rings (SSSR count). The summed E-state index contributed by atoms with van der Waals surface area (Å²) in [5, 5.41) is 8.77. The van der Waals surface area contributed by atoms with E-state index < -0.39 is 0 Å². The number of aldehydes is 1. The molecule has 4 heteroatoms. The number of hydrogen-bond acceptors (Lipinski definition) is 4. The molecule has 0 spiro atoms. The largest absolute Gasteiger partial charge is 0.515 e. The molecule has 0 aliphatic carbocycles. The molecular weight excluding hydrogens is 194 g/mol. The molecule has 1 N–H and O–H groups in total. The Bertz CT molecular complexity index is 540. The number of nitrogens with zero attached hydrogens (tertiary/aromatic N) is 1. The first-order valence-corrected chi connectivity index (χ1v) is 4.41. The highest BCUT2D eigenvalue weighted by Gasteiger charge is 2.09. The molecule has 0 saturated carbocycles. The van der Waals surface area contributed by atoms with Crippen LogP contribution in [0.5, 0.6) is 0 Å². The van der Waals surface area contributed by atoms with Crippen LogP contribution in [0.1, 0.15) is 11.5 Å². The minimum atomic E-state index is 0.0313. The summed E-state index contributed by atoms with van der Waals surface area (Å²) in [4.78, 5) is 14.6. The number of carbonyl (C=O) groups excluding carboxylic acids is 1. The van der Waals surface area contributed by atoms with Crippen LogP contribution in [0.15, 0.2) is 28.9 Å². The number of hydrogen-bond donors (Lipinski definition) is 1. The van der Waals surface area contributed by atoms with Crippen LogP contribution >= 0.6 is 0 Å². The fourth-order valence-corrected chi connectivity index (χ4v) is 1.30. The van der Waals surface area contributed by atoms with E-state index in [0.29, 0.717) is 23.6 Å². The van der Waals surface area contributed by atoms with E-state index in [-0.39, 0.29) is 11.5 Å². The zero-order chi connectivity index (χ0) is 10.8. The summed E-state index contributed by atoms with van der Waals surface area (Å²) in [6.07, 6.45) is 1.18. The Kier molecular flexibility index (Phi) is 2.25. The van der Waals surface area contributed by atoms with E-state index >= 15 is 0 Å². The lowest BCUT2D eigenvalue weighted by Gasteiger charge is -1.87. The summed E-state index contributed by atoms with van der Waals surface area (Å²) in [6, 6.07) is 5.52. The van der Waals surface area contributed by atoms with Gasteiger partial charge >= 0.3 is 0 Å². The van der Waals surface area contributed by atoms with Crippen LogP contribution in [0.4, 0.5) is 0 Å². The summed E-state index contributed by atoms with van der Waals surface area (Å²) >= 11 is 0. The molecule has 0 unspecified atom stereocenters. The third kappa shape index (κ3) is 1.61. The van der Waals surface area contributed by atoms with E-state index in [4.69, 9.17) is 9.52 Å². The average molecular weight is 203 g/mol. The SMILES string of the molecule is Cc1ccc2oc(/C(C=O)=C/O)nc2c1. The molecule has 15 heavy (non-hydrogen) atoms. The highest BCUT2D eigenvalue weighted by molar-refractivity contribution is 6.04. The first-order valence-electron chi connectivity index (χ1n) is 4.41. The number of carbonyl (C=O) groups is 1. The summed E-state index contributed by atoms with van der Waals surface area (Å²) in [7, 11) is 0. The maximum absolute atomic E-state index is 10.6. The van der Waals surface area contributed by atoms with E-state index in [9.17, 15) is 4.79 Å². The minimum absolute atomic E-state index is 0.0313. The summed E-state index contributed by atoms with van der Waals surface area (Å²) in [6.45, 7) is 1.94. The molecule has 1 aromatic carbocycles. The van der Waals surface area contributed by atoms with Gasteiger partial charge < -0.3 is 9.52 Å². The fourth-order valence-electron chi connectivity index (χ4n) is 1.30. The maximum atomic E-state index is 10.6. The van der Waals surface area contributed by atoms with Gasteiger partial charge in [-0.15, -0.1) is 0 Å². The second-order valence-electron chi connectivity index (χ2n) is 3.19. The summed E-state index contributed by atoms with van der Waals surface area (Å²) in [5.41, 5.74) is 2.36. The van der Waals surface area contributed by atoms with Crippen molar-refractivity contribution in [3.05, 3.63) is 35.9 Å². The molecule has 0 aliphatic rings. The van der Waals surface area contributed by atoms with Crippen LogP contribution < -0.4 is 0 Å². The van der Waals surface area contributed by atoms with Gasteiger partial charge in [-0.1, -0.05) is 6.07 Å². The van der Waals surface area contributed by atoms with Crippen LogP contribution in [-0.2, 0) is 4.79 Å². The first-order chi connectivity index (χ1) is 7.24. The monoisotopic (exact) mass is 203 g/mol. The van der Waals surface area contributed by atoms with Gasteiger partial charge in [-0.25, -0.2) is 4.98 Å². The Morgan fingerprint density at radius 3 is 3.00 bits per heavy atom. The van der Waals surface area contributed by atoms with Crippen molar-refractivity contribution in [2.75, 3.05) is 0 Å². The number of allylic oxidation sites excluding steroid dienone is 1. The van der Waals surface area contributed by atoms with Gasteiger partial charge in [0.15, 0.2) is 11.9 Å². The van der Waals surface area contributed by atoms with E-state index in [0.717, 1.165) is 5.56 Å². The van der Waals surface area contributed by atoms with Crippen LogP contribution in [0, 0.1) is 6.92 Å². The molecule has 0 amide bonds. The Hall–Kier alpha value is -2.10. The topological polar surface area (TPSA) is 63.3 Å². The molecular formula is C11H9NO3. The highest BCUT2D eigenvalue weighted by Crippen LogP contribution is 2.20. The van der Waals surface area contributed by atoms with Gasteiger partial charge in [0.25, 0.3) is 0 Å². The lowest BCUT2D eigenvalue weighted by Crippen LogP contribution is -1.84. The Balaban J connectivity index is 2.61. The van der Waals surface area contributed by atoms with E-state index in [2.05, 4.69) is 4.98 Å². The van der Waals surface area contributed by atoms with Crippen LogP contribution in [0.25, 0.3) is 16.7 Å². The minimum Gasteiger partial charge on any atom is -0.515 e. The van der Waals surface area contributed by atoms with Crippen LogP contribution in [0.2, 0.25) is 0 Å². The number of rotatable bonds is 2. The van der Waals surface area contributed by atoms with Crippen molar-refractivity contribution in [3.8, 4) is 0 Å². The van der Waals surface area contributed by atoms with Crippen LogP contribution in [0.3, 0.4) is 0 Å². The normalized spacial score (nSPS) is 11.9. The molecule has 0 radical (unpaired) electrons. The van der Waals surface area contributed by atoms with Crippen molar-refractivity contribution < 1.29 is 14.3 Å². The van der Waals surface area contributed by atoms with E-state index in [1.807, 2.05) is 19.1 Å². The lowest BCUT2D eigenvalue weighted by atomic mass is 10.2. The number of oxazole rings is 1. The molecule has 4 nitrogen and oxygen atoms in total. The van der Waals surface area contributed by atoms with E-state index in [1.54, 1.807) is 6.07 Å². The van der Waals surface area contributed by atoms with Gasteiger partial charge in [0.05, 0.1) is 6.26 Å². The second-order valence-corrected chi connectivity index (χ2v) is 3.19.